The van der Waals surface area contributed by atoms with Gasteiger partial charge >= 0.3 is 5.97 Å². The van der Waals surface area contributed by atoms with Gasteiger partial charge in [-0.3, -0.25) is 4.90 Å². The first-order chi connectivity index (χ1) is 14.0. The van der Waals surface area contributed by atoms with Gasteiger partial charge in [0, 0.05) is 6.54 Å². The van der Waals surface area contributed by atoms with E-state index < -0.39 is 11.9 Å². The van der Waals surface area contributed by atoms with E-state index in [1.807, 2.05) is 18.2 Å². The second kappa shape index (κ2) is 10.7. The molecule has 1 aliphatic rings. The van der Waals surface area contributed by atoms with Gasteiger partial charge in [-0.05, 0) is 44.5 Å². The van der Waals surface area contributed by atoms with E-state index in [0.29, 0.717) is 11.3 Å². The van der Waals surface area contributed by atoms with Crippen molar-refractivity contribution in [2.75, 3.05) is 19.7 Å². The number of unbranched alkanes of at least 4 members (excludes halogenated alkanes) is 1. The van der Waals surface area contributed by atoms with Gasteiger partial charge in [-0.15, -0.1) is 0 Å². The van der Waals surface area contributed by atoms with Crippen LogP contribution in [-0.2, 0) is 20.8 Å². The van der Waals surface area contributed by atoms with Crippen LogP contribution in [0.3, 0.4) is 0 Å². The molecule has 1 atom stereocenters. The molecule has 0 aromatic heterocycles. The fraction of sp³-hybridized carbons (Fsp3) is 0.478. The van der Waals surface area contributed by atoms with Gasteiger partial charge in [-0.2, -0.15) is 5.26 Å². The number of ether oxygens (including phenoxy) is 2. The topological polar surface area (TPSA) is 88.6 Å². The molecule has 1 heterocycles. The number of nitriles is 1. The number of allylic oxidation sites excluding steroid dienone is 2. The normalized spacial score (nSPS) is 16.6. The minimum Gasteiger partial charge on any atom is -0.463 e. The Morgan fingerprint density at radius 2 is 2.10 bits per heavy atom. The number of hydrogen-bond acceptors (Lipinski definition) is 6. The molecule has 6 nitrogen and oxygen atoms in total. The summed E-state index contributed by atoms with van der Waals surface area (Å²) < 4.78 is 10.7. The summed E-state index contributed by atoms with van der Waals surface area (Å²) in [4.78, 5) is 15.0. The maximum atomic E-state index is 12.6. The molecule has 0 saturated carbocycles. The molecule has 0 spiro atoms. The van der Waals surface area contributed by atoms with Crippen LogP contribution in [-0.4, -0.2) is 30.6 Å². The molecule has 0 fully saturated rings. The Kier molecular flexibility index (Phi) is 8.29. The van der Waals surface area contributed by atoms with Gasteiger partial charge in [-0.1, -0.05) is 44.5 Å². The van der Waals surface area contributed by atoms with Crippen LogP contribution in [0.2, 0.25) is 0 Å². The highest BCUT2D eigenvalue weighted by Crippen LogP contribution is 2.39. The van der Waals surface area contributed by atoms with Crippen molar-refractivity contribution in [3.63, 3.8) is 0 Å². The molecule has 1 aromatic rings. The lowest BCUT2D eigenvalue weighted by Gasteiger charge is -2.27. The van der Waals surface area contributed by atoms with Gasteiger partial charge in [0.15, 0.2) is 0 Å². The van der Waals surface area contributed by atoms with Crippen molar-refractivity contribution in [2.24, 2.45) is 5.73 Å². The predicted molar refractivity (Wildman–Crippen MR) is 112 cm³/mol. The Morgan fingerprint density at radius 1 is 1.34 bits per heavy atom. The monoisotopic (exact) mass is 397 g/mol. The Labute approximate surface area is 173 Å². The summed E-state index contributed by atoms with van der Waals surface area (Å²) in [5, 5.41) is 9.71. The van der Waals surface area contributed by atoms with Crippen molar-refractivity contribution in [1.82, 2.24) is 4.90 Å². The standard InChI is InChI=1S/C23H31N3O3/c1-5-8-12-26(6-2)15-17-10-9-11-18(13-17)21-19(14-24)22(25)29-16(4)20(21)23(27)28-7-3/h9-11,13,21H,5-8,12,15,25H2,1-4H3. The summed E-state index contributed by atoms with van der Waals surface area (Å²) in [6.45, 7) is 10.8. The van der Waals surface area contributed by atoms with Crippen molar-refractivity contribution in [2.45, 2.75) is 53.0 Å². The molecule has 156 valence electrons. The molecule has 2 N–H and O–H groups in total. The highest BCUT2D eigenvalue weighted by molar-refractivity contribution is 5.92. The lowest BCUT2D eigenvalue weighted by molar-refractivity contribution is -0.139. The smallest absolute Gasteiger partial charge is 0.338 e. The third kappa shape index (κ3) is 5.39. The fourth-order valence-corrected chi connectivity index (χ4v) is 3.55. The van der Waals surface area contributed by atoms with Crippen molar-refractivity contribution in [3.05, 3.63) is 58.2 Å². The molecular weight excluding hydrogens is 366 g/mol. The van der Waals surface area contributed by atoms with Crippen LogP contribution in [0, 0.1) is 11.3 Å². The average molecular weight is 398 g/mol. The van der Waals surface area contributed by atoms with Crippen LogP contribution in [0.25, 0.3) is 0 Å². The molecule has 2 rings (SSSR count). The second-order valence-corrected chi connectivity index (χ2v) is 7.08. The summed E-state index contributed by atoms with van der Waals surface area (Å²) in [7, 11) is 0. The summed E-state index contributed by atoms with van der Waals surface area (Å²) in [6, 6.07) is 10.1. The van der Waals surface area contributed by atoms with Crippen LogP contribution < -0.4 is 5.73 Å². The van der Waals surface area contributed by atoms with E-state index >= 15 is 0 Å². The molecular formula is C23H31N3O3. The number of carbonyl (C=O) groups excluding carboxylic acids is 1. The number of nitrogens with zero attached hydrogens (tertiary/aromatic N) is 2. The first kappa shape index (κ1) is 22.5. The number of carbonyl (C=O) groups is 1. The zero-order chi connectivity index (χ0) is 21.4. The lowest BCUT2D eigenvalue weighted by atomic mass is 9.82. The van der Waals surface area contributed by atoms with E-state index in [1.54, 1.807) is 13.8 Å². The first-order valence-electron chi connectivity index (χ1n) is 10.2. The minimum atomic E-state index is -0.599. The minimum absolute atomic E-state index is 0.0339. The molecule has 1 unspecified atom stereocenters. The van der Waals surface area contributed by atoms with Gasteiger partial charge in [0.2, 0.25) is 5.88 Å². The molecule has 0 aliphatic carbocycles. The number of nitrogens with two attached hydrogens (primary N) is 1. The number of benzene rings is 1. The summed E-state index contributed by atoms with van der Waals surface area (Å²) in [5.41, 5.74) is 8.50. The predicted octanol–water partition coefficient (Wildman–Crippen LogP) is 3.95. The van der Waals surface area contributed by atoms with E-state index in [4.69, 9.17) is 15.2 Å². The van der Waals surface area contributed by atoms with Crippen molar-refractivity contribution >= 4 is 5.97 Å². The molecule has 0 saturated heterocycles. The van der Waals surface area contributed by atoms with E-state index in [9.17, 15) is 10.1 Å². The van der Waals surface area contributed by atoms with Crippen LogP contribution in [0.4, 0.5) is 0 Å². The largest absolute Gasteiger partial charge is 0.463 e. The fourth-order valence-electron chi connectivity index (χ4n) is 3.55. The van der Waals surface area contributed by atoms with Crippen LogP contribution >= 0.6 is 0 Å². The second-order valence-electron chi connectivity index (χ2n) is 7.08. The molecule has 1 aliphatic heterocycles. The molecule has 0 bridgehead atoms. The van der Waals surface area contributed by atoms with Crippen molar-refractivity contribution in [1.29, 1.82) is 5.26 Å². The zero-order valence-corrected chi connectivity index (χ0v) is 17.8. The lowest BCUT2D eigenvalue weighted by Crippen LogP contribution is -2.26. The third-order valence-corrected chi connectivity index (χ3v) is 5.07. The maximum absolute atomic E-state index is 12.6. The van der Waals surface area contributed by atoms with Gasteiger partial charge in [-0.25, -0.2) is 4.79 Å². The van der Waals surface area contributed by atoms with Crippen LogP contribution in [0.5, 0.6) is 0 Å². The Morgan fingerprint density at radius 3 is 2.72 bits per heavy atom. The highest BCUT2D eigenvalue weighted by atomic mass is 16.5. The Bertz CT molecular complexity index is 836. The Balaban J connectivity index is 2.44. The van der Waals surface area contributed by atoms with Crippen molar-refractivity contribution in [3.8, 4) is 6.07 Å². The van der Waals surface area contributed by atoms with Gasteiger partial charge in [0.1, 0.15) is 17.4 Å². The molecule has 29 heavy (non-hydrogen) atoms. The molecule has 0 amide bonds. The zero-order valence-electron chi connectivity index (χ0n) is 17.8. The quantitative estimate of drug-likeness (QED) is 0.635. The van der Waals surface area contributed by atoms with E-state index in [2.05, 4.69) is 30.9 Å². The summed E-state index contributed by atoms with van der Waals surface area (Å²) in [6.07, 6.45) is 2.31. The van der Waals surface area contributed by atoms with Gasteiger partial charge in [0.05, 0.1) is 18.1 Å². The summed E-state index contributed by atoms with van der Waals surface area (Å²) in [5.74, 6) is -0.683. The Hall–Kier alpha value is -2.78. The van der Waals surface area contributed by atoms with E-state index in [1.165, 1.54) is 0 Å². The van der Waals surface area contributed by atoms with E-state index in [-0.39, 0.29) is 18.1 Å². The van der Waals surface area contributed by atoms with Crippen molar-refractivity contribution < 1.29 is 14.3 Å². The first-order valence-corrected chi connectivity index (χ1v) is 10.2. The highest BCUT2D eigenvalue weighted by Gasteiger charge is 2.36. The molecule has 1 aromatic carbocycles. The maximum Gasteiger partial charge on any atom is 0.338 e. The van der Waals surface area contributed by atoms with Crippen LogP contribution in [0.15, 0.2) is 47.1 Å². The number of rotatable bonds is 9. The number of hydrogen-bond donors (Lipinski definition) is 1. The van der Waals surface area contributed by atoms with Gasteiger partial charge < -0.3 is 15.2 Å². The molecule has 0 radical (unpaired) electrons. The van der Waals surface area contributed by atoms with Gasteiger partial charge in [0.25, 0.3) is 0 Å². The van der Waals surface area contributed by atoms with E-state index in [0.717, 1.165) is 43.6 Å². The number of esters is 1. The third-order valence-electron chi connectivity index (χ3n) is 5.07. The SMILES string of the molecule is CCCCN(CC)Cc1cccc(C2C(C#N)=C(N)OC(C)=C2C(=O)OCC)c1. The summed E-state index contributed by atoms with van der Waals surface area (Å²) >= 11 is 0. The van der Waals surface area contributed by atoms with Crippen LogP contribution in [0.1, 0.15) is 57.6 Å². The molecule has 6 heteroatoms. The average Bonchev–Trinajstić information content (AvgIpc) is 2.70.